The Morgan fingerprint density at radius 2 is 2.06 bits per heavy atom. The molecule has 1 atom stereocenters. The van der Waals surface area contributed by atoms with Gasteiger partial charge in [0.25, 0.3) is 0 Å². The predicted octanol–water partition coefficient (Wildman–Crippen LogP) is 1.78. The van der Waals surface area contributed by atoms with Gasteiger partial charge in [-0.3, -0.25) is 9.69 Å². The van der Waals surface area contributed by atoms with Crippen LogP contribution in [0.3, 0.4) is 0 Å². The van der Waals surface area contributed by atoms with Crippen molar-refractivity contribution >= 4 is 5.97 Å². The molecule has 0 amide bonds. The molecule has 0 saturated carbocycles. The zero-order chi connectivity index (χ0) is 13.3. The fourth-order valence-electron chi connectivity index (χ4n) is 1.93. The summed E-state index contributed by atoms with van der Waals surface area (Å²) in [5.74, 6) is -0.199. The van der Waals surface area contributed by atoms with Crippen LogP contribution in [-0.2, 0) is 9.53 Å². The number of rotatable bonds is 9. The molecule has 4 heteroatoms. The standard InChI is InChI=1S/C13H28N2O2/c1-5-8-13(3,6-2)15(4)10-11-17-12(16)7-9-14/h5-11,14H2,1-4H3. The lowest BCUT2D eigenvalue weighted by Gasteiger charge is -2.38. The maximum absolute atomic E-state index is 11.1. The molecule has 0 radical (unpaired) electrons. The van der Waals surface area contributed by atoms with Gasteiger partial charge in [-0.25, -0.2) is 0 Å². The number of carbonyl (C=O) groups excluding carboxylic acids is 1. The minimum atomic E-state index is -0.199. The molecule has 0 aliphatic rings. The summed E-state index contributed by atoms with van der Waals surface area (Å²) in [4.78, 5) is 13.4. The van der Waals surface area contributed by atoms with Crippen LogP contribution < -0.4 is 5.73 Å². The highest BCUT2D eigenvalue weighted by atomic mass is 16.5. The molecule has 0 fully saturated rings. The second-order valence-corrected chi connectivity index (χ2v) is 4.78. The van der Waals surface area contributed by atoms with E-state index in [1.54, 1.807) is 0 Å². The highest BCUT2D eigenvalue weighted by molar-refractivity contribution is 5.69. The number of nitrogens with zero attached hydrogens (tertiary/aromatic N) is 1. The molecule has 0 aromatic carbocycles. The second kappa shape index (κ2) is 8.48. The minimum Gasteiger partial charge on any atom is -0.464 e. The van der Waals surface area contributed by atoms with E-state index in [9.17, 15) is 4.79 Å². The van der Waals surface area contributed by atoms with Crippen LogP contribution in [0.1, 0.15) is 46.5 Å². The van der Waals surface area contributed by atoms with Crippen LogP contribution in [0.5, 0.6) is 0 Å². The monoisotopic (exact) mass is 244 g/mol. The molecule has 0 aromatic rings. The summed E-state index contributed by atoms with van der Waals surface area (Å²) in [6, 6.07) is 0. The lowest BCUT2D eigenvalue weighted by molar-refractivity contribution is -0.144. The third-order valence-corrected chi connectivity index (χ3v) is 3.51. The van der Waals surface area contributed by atoms with E-state index < -0.39 is 0 Å². The Bertz CT molecular complexity index is 221. The van der Waals surface area contributed by atoms with E-state index in [4.69, 9.17) is 10.5 Å². The van der Waals surface area contributed by atoms with Gasteiger partial charge in [-0.2, -0.15) is 0 Å². The summed E-state index contributed by atoms with van der Waals surface area (Å²) in [5.41, 5.74) is 5.48. The SMILES string of the molecule is CCCC(C)(CC)N(C)CCOC(=O)CCN. The molecule has 0 aliphatic heterocycles. The van der Waals surface area contributed by atoms with Crippen molar-refractivity contribution in [2.75, 3.05) is 26.7 Å². The lowest BCUT2D eigenvalue weighted by atomic mass is 9.91. The Morgan fingerprint density at radius 1 is 1.41 bits per heavy atom. The molecule has 0 heterocycles. The maximum Gasteiger partial charge on any atom is 0.307 e. The zero-order valence-corrected chi connectivity index (χ0v) is 11.8. The largest absolute Gasteiger partial charge is 0.464 e. The van der Waals surface area contributed by atoms with Crippen LogP contribution in [0.25, 0.3) is 0 Å². The third-order valence-electron chi connectivity index (χ3n) is 3.51. The predicted molar refractivity (Wildman–Crippen MR) is 70.9 cm³/mol. The fourth-order valence-corrected chi connectivity index (χ4v) is 1.93. The lowest BCUT2D eigenvalue weighted by Crippen LogP contribution is -2.45. The average molecular weight is 244 g/mol. The van der Waals surface area contributed by atoms with Gasteiger partial charge in [0.05, 0.1) is 6.42 Å². The van der Waals surface area contributed by atoms with Crippen LogP contribution in [0.4, 0.5) is 0 Å². The molecule has 4 nitrogen and oxygen atoms in total. The van der Waals surface area contributed by atoms with E-state index in [1.165, 1.54) is 6.42 Å². The first-order valence-electron chi connectivity index (χ1n) is 6.57. The Morgan fingerprint density at radius 3 is 2.53 bits per heavy atom. The van der Waals surface area contributed by atoms with Gasteiger partial charge in [-0.05, 0) is 26.8 Å². The average Bonchev–Trinajstić information content (AvgIpc) is 2.29. The Balaban J connectivity index is 3.98. The molecule has 2 N–H and O–H groups in total. The summed E-state index contributed by atoms with van der Waals surface area (Å²) in [7, 11) is 2.09. The first kappa shape index (κ1) is 16.4. The van der Waals surface area contributed by atoms with Gasteiger partial charge in [0, 0.05) is 18.6 Å². The summed E-state index contributed by atoms with van der Waals surface area (Å²) in [6.07, 6.45) is 3.75. The van der Waals surface area contributed by atoms with Crippen LogP contribution in [-0.4, -0.2) is 43.2 Å². The van der Waals surface area contributed by atoms with E-state index in [-0.39, 0.29) is 11.5 Å². The van der Waals surface area contributed by atoms with E-state index in [2.05, 4.69) is 32.7 Å². The number of carbonyl (C=O) groups is 1. The number of hydrogen-bond acceptors (Lipinski definition) is 4. The minimum absolute atomic E-state index is 0.199. The molecular weight excluding hydrogens is 216 g/mol. The Labute approximate surface area is 105 Å². The second-order valence-electron chi connectivity index (χ2n) is 4.78. The number of likely N-dealkylation sites (N-methyl/N-ethyl adjacent to an activating group) is 1. The molecular formula is C13H28N2O2. The van der Waals surface area contributed by atoms with Crippen molar-refractivity contribution in [1.82, 2.24) is 4.90 Å². The molecule has 0 aromatic heterocycles. The highest BCUT2D eigenvalue weighted by Crippen LogP contribution is 2.23. The van der Waals surface area contributed by atoms with Gasteiger partial charge in [-0.15, -0.1) is 0 Å². The van der Waals surface area contributed by atoms with E-state index in [0.29, 0.717) is 19.6 Å². The van der Waals surface area contributed by atoms with Gasteiger partial charge in [0.2, 0.25) is 0 Å². The van der Waals surface area contributed by atoms with Crippen molar-refractivity contribution in [3.8, 4) is 0 Å². The number of esters is 1. The molecule has 0 rings (SSSR count). The molecule has 17 heavy (non-hydrogen) atoms. The van der Waals surface area contributed by atoms with Gasteiger partial charge >= 0.3 is 5.97 Å². The van der Waals surface area contributed by atoms with Crippen molar-refractivity contribution in [2.24, 2.45) is 5.73 Å². The van der Waals surface area contributed by atoms with Gasteiger partial charge in [-0.1, -0.05) is 20.3 Å². The molecule has 0 aliphatic carbocycles. The first-order valence-corrected chi connectivity index (χ1v) is 6.57. The van der Waals surface area contributed by atoms with E-state index >= 15 is 0 Å². The zero-order valence-electron chi connectivity index (χ0n) is 11.8. The van der Waals surface area contributed by atoms with Crippen molar-refractivity contribution in [3.63, 3.8) is 0 Å². The molecule has 102 valence electrons. The van der Waals surface area contributed by atoms with Crippen molar-refractivity contribution < 1.29 is 9.53 Å². The van der Waals surface area contributed by atoms with Crippen LogP contribution in [0.15, 0.2) is 0 Å². The fraction of sp³-hybridized carbons (Fsp3) is 0.923. The molecule has 1 unspecified atom stereocenters. The topological polar surface area (TPSA) is 55.6 Å². The van der Waals surface area contributed by atoms with E-state index in [0.717, 1.165) is 19.4 Å². The first-order chi connectivity index (χ1) is 8.00. The highest BCUT2D eigenvalue weighted by Gasteiger charge is 2.25. The molecule has 0 saturated heterocycles. The summed E-state index contributed by atoms with van der Waals surface area (Å²) < 4.78 is 5.11. The quantitative estimate of drug-likeness (QED) is 0.628. The molecule has 0 bridgehead atoms. The van der Waals surface area contributed by atoms with Crippen molar-refractivity contribution in [1.29, 1.82) is 0 Å². The van der Waals surface area contributed by atoms with Gasteiger partial charge < -0.3 is 10.5 Å². The normalized spacial score (nSPS) is 14.7. The Hall–Kier alpha value is -0.610. The van der Waals surface area contributed by atoms with Crippen molar-refractivity contribution in [2.45, 2.75) is 52.0 Å². The summed E-state index contributed by atoms with van der Waals surface area (Å²) >= 11 is 0. The van der Waals surface area contributed by atoms with Crippen LogP contribution in [0, 0.1) is 0 Å². The smallest absolute Gasteiger partial charge is 0.307 e. The third kappa shape index (κ3) is 6.03. The van der Waals surface area contributed by atoms with Gasteiger partial charge in [0.1, 0.15) is 6.61 Å². The van der Waals surface area contributed by atoms with Crippen LogP contribution >= 0.6 is 0 Å². The number of ether oxygens (including phenoxy) is 1. The molecule has 0 spiro atoms. The number of nitrogens with two attached hydrogens (primary N) is 1. The number of hydrogen-bond donors (Lipinski definition) is 1. The maximum atomic E-state index is 11.1. The summed E-state index contributed by atoms with van der Waals surface area (Å²) in [5, 5.41) is 0. The van der Waals surface area contributed by atoms with E-state index in [1.807, 2.05) is 0 Å². The van der Waals surface area contributed by atoms with Gasteiger partial charge in [0.15, 0.2) is 0 Å². The summed E-state index contributed by atoms with van der Waals surface area (Å²) in [6.45, 7) is 8.25. The van der Waals surface area contributed by atoms with Crippen LogP contribution in [0.2, 0.25) is 0 Å². The Kier molecular flexibility index (Phi) is 8.17. The van der Waals surface area contributed by atoms with Crippen molar-refractivity contribution in [3.05, 3.63) is 0 Å².